The summed E-state index contributed by atoms with van der Waals surface area (Å²) in [7, 11) is 1.58. The van der Waals surface area contributed by atoms with Crippen molar-refractivity contribution in [2.24, 2.45) is 0 Å². The minimum absolute atomic E-state index is 0.537. The lowest BCUT2D eigenvalue weighted by Gasteiger charge is -2.06. The zero-order valence-electron chi connectivity index (χ0n) is 11.9. The molecule has 0 atom stereocenters. The van der Waals surface area contributed by atoms with Gasteiger partial charge < -0.3 is 10.1 Å². The number of methoxy groups -OCH3 is 1. The van der Waals surface area contributed by atoms with Gasteiger partial charge >= 0.3 is 0 Å². The molecule has 0 amide bonds. The Bertz CT molecular complexity index is 851. The molecule has 1 heterocycles. The number of hydrogen-bond acceptors (Lipinski definition) is 4. The third kappa shape index (κ3) is 3.72. The van der Waals surface area contributed by atoms with Gasteiger partial charge in [-0.3, -0.25) is 0 Å². The van der Waals surface area contributed by atoms with Crippen molar-refractivity contribution < 1.29 is 4.74 Å². The maximum absolute atomic E-state index is 6.22. The van der Waals surface area contributed by atoms with Gasteiger partial charge in [0.25, 0.3) is 0 Å². The molecule has 0 fully saturated rings. The lowest BCUT2D eigenvalue weighted by Crippen LogP contribution is -1.91. The summed E-state index contributed by atoms with van der Waals surface area (Å²) in [4.78, 5) is 4.54. The van der Waals surface area contributed by atoms with E-state index in [4.69, 9.17) is 39.5 Å². The second kappa shape index (κ2) is 6.97. The molecule has 0 aliphatic rings. The van der Waals surface area contributed by atoms with Crippen LogP contribution in [0.5, 0.6) is 5.75 Å². The monoisotopic (exact) mass is 384 g/mol. The van der Waals surface area contributed by atoms with E-state index >= 15 is 0 Å². The van der Waals surface area contributed by atoms with Gasteiger partial charge in [-0.1, -0.05) is 34.8 Å². The third-order valence-corrected chi connectivity index (χ3v) is 4.72. The molecule has 7 heteroatoms. The van der Waals surface area contributed by atoms with Crippen molar-refractivity contribution in [3.05, 3.63) is 56.8 Å². The zero-order chi connectivity index (χ0) is 16.4. The second-order valence-electron chi connectivity index (χ2n) is 4.64. The van der Waals surface area contributed by atoms with Crippen LogP contribution in [0.1, 0.15) is 0 Å². The van der Waals surface area contributed by atoms with Crippen LogP contribution in [0.15, 0.2) is 41.8 Å². The molecule has 3 nitrogen and oxygen atoms in total. The van der Waals surface area contributed by atoms with Crippen LogP contribution >= 0.6 is 46.1 Å². The second-order valence-corrected chi connectivity index (χ2v) is 6.75. The summed E-state index contributed by atoms with van der Waals surface area (Å²) in [6.45, 7) is 0. The number of nitrogens with one attached hydrogen (secondary N) is 1. The van der Waals surface area contributed by atoms with Crippen molar-refractivity contribution in [3.8, 4) is 17.0 Å². The maximum Gasteiger partial charge on any atom is 0.187 e. The molecule has 3 aromatic rings. The summed E-state index contributed by atoms with van der Waals surface area (Å²) in [5.41, 5.74) is 2.46. The Kier molecular flexibility index (Phi) is 4.97. The lowest BCUT2D eigenvalue weighted by atomic mass is 10.2. The van der Waals surface area contributed by atoms with Gasteiger partial charge in [0.2, 0.25) is 0 Å². The van der Waals surface area contributed by atoms with E-state index in [0.29, 0.717) is 20.8 Å². The molecular weight excluding hydrogens is 375 g/mol. The lowest BCUT2D eigenvalue weighted by molar-refractivity contribution is 0.415. The smallest absolute Gasteiger partial charge is 0.187 e. The summed E-state index contributed by atoms with van der Waals surface area (Å²) < 4.78 is 5.14. The highest BCUT2D eigenvalue weighted by Gasteiger charge is 2.10. The van der Waals surface area contributed by atoms with Crippen molar-refractivity contribution in [3.63, 3.8) is 0 Å². The van der Waals surface area contributed by atoms with Crippen LogP contribution in [0.2, 0.25) is 15.1 Å². The summed E-state index contributed by atoms with van der Waals surface area (Å²) in [5, 5.41) is 7.60. The van der Waals surface area contributed by atoms with Gasteiger partial charge in [0.1, 0.15) is 5.75 Å². The minimum atomic E-state index is 0.537. The van der Waals surface area contributed by atoms with Gasteiger partial charge in [-0.2, -0.15) is 0 Å². The summed E-state index contributed by atoms with van der Waals surface area (Å²) in [5.74, 6) is 0.630. The van der Waals surface area contributed by atoms with E-state index in [2.05, 4.69) is 10.3 Å². The fourth-order valence-corrected chi connectivity index (χ4v) is 3.51. The van der Waals surface area contributed by atoms with E-state index in [1.54, 1.807) is 31.4 Å². The molecule has 1 N–H and O–H groups in total. The largest absolute Gasteiger partial charge is 0.495 e. The Labute approximate surface area is 152 Å². The number of thiazole rings is 1. The van der Waals surface area contributed by atoms with Crippen molar-refractivity contribution in [2.75, 3.05) is 12.4 Å². The highest BCUT2D eigenvalue weighted by molar-refractivity contribution is 7.14. The van der Waals surface area contributed by atoms with Crippen LogP contribution in [0.25, 0.3) is 11.3 Å². The van der Waals surface area contributed by atoms with E-state index in [1.165, 1.54) is 11.3 Å². The molecule has 0 saturated carbocycles. The molecule has 23 heavy (non-hydrogen) atoms. The quantitative estimate of drug-likeness (QED) is 0.555. The van der Waals surface area contributed by atoms with Gasteiger partial charge in [0, 0.05) is 21.7 Å². The first-order valence-electron chi connectivity index (χ1n) is 6.58. The van der Waals surface area contributed by atoms with Gasteiger partial charge in [-0.05, 0) is 36.4 Å². The predicted molar refractivity (Wildman–Crippen MR) is 98.9 cm³/mol. The Morgan fingerprint density at radius 1 is 1.04 bits per heavy atom. The fourth-order valence-electron chi connectivity index (χ4n) is 2.02. The van der Waals surface area contributed by atoms with Crippen LogP contribution in [0.4, 0.5) is 10.8 Å². The number of nitrogens with zero attached hydrogens (tertiary/aromatic N) is 1. The van der Waals surface area contributed by atoms with Crippen molar-refractivity contribution in [2.45, 2.75) is 0 Å². The molecule has 0 aliphatic heterocycles. The molecule has 0 saturated heterocycles. The Hall–Kier alpha value is -1.46. The van der Waals surface area contributed by atoms with Gasteiger partial charge in [-0.15, -0.1) is 11.3 Å². The topological polar surface area (TPSA) is 34.1 Å². The first-order chi connectivity index (χ1) is 11.1. The summed E-state index contributed by atoms with van der Waals surface area (Å²) in [6, 6.07) is 10.8. The Morgan fingerprint density at radius 2 is 1.87 bits per heavy atom. The number of rotatable bonds is 4. The van der Waals surface area contributed by atoms with Gasteiger partial charge in [0.15, 0.2) is 5.13 Å². The van der Waals surface area contributed by atoms with Crippen LogP contribution in [-0.4, -0.2) is 12.1 Å². The molecule has 1 aromatic heterocycles. The summed E-state index contributed by atoms with van der Waals surface area (Å²) >= 11 is 19.7. The van der Waals surface area contributed by atoms with E-state index < -0.39 is 0 Å². The molecule has 0 unspecified atom stereocenters. The molecule has 3 rings (SSSR count). The minimum Gasteiger partial charge on any atom is -0.495 e. The van der Waals surface area contributed by atoms with Crippen molar-refractivity contribution in [1.82, 2.24) is 4.98 Å². The molecule has 118 valence electrons. The average Bonchev–Trinajstić information content (AvgIpc) is 2.95. The summed E-state index contributed by atoms with van der Waals surface area (Å²) in [6.07, 6.45) is 0. The molecular formula is C16H11Cl3N2OS. The first kappa shape index (κ1) is 16.4. The normalized spacial score (nSPS) is 10.6. The Morgan fingerprint density at radius 3 is 2.57 bits per heavy atom. The number of ether oxygens (including phenoxy) is 1. The number of halogens is 3. The molecule has 0 spiro atoms. The third-order valence-electron chi connectivity index (χ3n) is 3.11. The highest BCUT2D eigenvalue weighted by Crippen LogP contribution is 2.34. The van der Waals surface area contributed by atoms with Crippen LogP contribution < -0.4 is 10.1 Å². The van der Waals surface area contributed by atoms with Crippen molar-refractivity contribution >= 4 is 57.0 Å². The molecule has 0 radical (unpaired) electrons. The van der Waals surface area contributed by atoms with E-state index in [1.807, 2.05) is 17.5 Å². The highest BCUT2D eigenvalue weighted by atomic mass is 35.5. The van der Waals surface area contributed by atoms with E-state index in [-0.39, 0.29) is 0 Å². The molecule has 0 bridgehead atoms. The van der Waals surface area contributed by atoms with Gasteiger partial charge in [0.05, 0.1) is 22.8 Å². The number of aromatic nitrogens is 1. The predicted octanol–water partition coefficient (Wildman–Crippen LogP) is 6.52. The van der Waals surface area contributed by atoms with Gasteiger partial charge in [-0.25, -0.2) is 4.98 Å². The van der Waals surface area contributed by atoms with E-state index in [9.17, 15) is 0 Å². The SMILES string of the molecule is COc1ccc(Nc2nc(-c3ccc(Cl)cc3Cl)cs2)cc1Cl. The number of anilines is 2. The van der Waals surface area contributed by atoms with Crippen LogP contribution in [0.3, 0.4) is 0 Å². The van der Waals surface area contributed by atoms with Crippen LogP contribution in [0, 0.1) is 0 Å². The van der Waals surface area contributed by atoms with Crippen LogP contribution in [-0.2, 0) is 0 Å². The Balaban J connectivity index is 1.83. The molecule has 0 aliphatic carbocycles. The first-order valence-corrected chi connectivity index (χ1v) is 8.59. The average molecular weight is 386 g/mol. The van der Waals surface area contributed by atoms with E-state index in [0.717, 1.165) is 22.1 Å². The number of benzene rings is 2. The standard InChI is InChI=1S/C16H11Cl3N2OS/c1-22-15-5-3-10(7-13(15)19)20-16-21-14(8-23-16)11-4-2-9(17)6-12(11)18/h2-8H,1H3,(H,20,21). The number of hydrogen-bond donors (Lipinski definition) is 1. The molecule has 2 aromatic carbocycles. The van der Waals surface area contributed by atoms with Crippen molar-refractivity contribution in [1.29, 1.82) is 0 Å². The maximum atomic E-state index is 6.22. The fraction of sp³-hybridized carbons (Fsp3) is 0.0625. The zero-order valence-corrected chi connectivity index (χ0v) is 15.0.